The van der Waals surface area contributed by atoms with E-state index in [1.54, 1.807) is 11.8 Å². The lowest BCUT2D eigenvalue weighted by Crippen LogP contribution is -2.25. The maximum absolute atomic E-state index is 9.41. The first-order valence-corrected chi connectivity index (χ1v) is 5.90. The van der Waals surface area contributed by atoms with Gasteiger partial charge in [-0.3, -0.25) is 4.90 Å². The highest BCUT2D eigenvalue weighted by molar-refractivity contribution is 5.37. The predicted molar refractivity (Wildman–Crippen MR) is 63.7 cm³/mol. The van der Waals surface area contributed by atoms with Gasteiger partial charge in [-0.05, 0) is 32.9 Å². The minimum absolute atomic E-state index is 0.235. The molecule has 1 atom stereocenters. The molecule has 0 amide bonds. The molecule has 0 bridgehead atoms. The third-order valence-electron chi connectivity index (χ3n) is 3.31. The molecule has 0 aromatic carbocycles. The molecule has 2 rings (SSSR count). The SMILES string of the molecule is COc1c(C(C#N)N2CCCC2)c(C)nn1C. The zero-order valence-electron chi connectivity index (χ0n) is 10.6. The normalized spacial score (nSPS) is 18.0. The van der Waals surface area contributed by atoms with Crippen molar-refractivity contribution in [3.63, 3.8) is 0 Å². The van der Waals surface area contributed by atoms with E-state index in [1.165, 1.54) is 12.8 Å². The average molecular weight is 234 g/mol. The van der Waals surface area contributed by atoms with Crippen LogP contribution < -0.4 is 4.74 Å². The van der Waals surface area contributed by atoms with E-state index in [0.717, 1.165) is 24.3 Å². The lowest BCUT2D eigenvalue weighted by Gasteiger charge is -2.21. The molecular weight excluding hydrogens is 216 g/mol. The molecule has 1 unspecified atom stereocenters. The molecule has 0 N–H and O–H groups in total. The Bertz CT molecular complexity index is 440. The standard InChI is InChI=1S/C12H18N4O/c1-9-11(12(17-3)15(2)14-9)10(8-13)16-6-4-5-7-16/h10H,4-7H2,1-3H3. The van der Waals surface area contributed by atoms with Gasteiger partial charge < -0.3 is 4.74 Å². The molecule has 5 nitrogen and oxygen atoms in total. The molecule has 0 aliphatic carbocycles. The fraction of sp³-hybridized carbons (Fsp3) is 0.667. The van der Waals surface area contributed by atoms with Crippen LogP contribution in [-0.4, -0.2) is 34.9 Å². The van der Waals surface area contributed by atoms with Gasteiger partial charge in [0.15, 0.2) is 0 Å². The summed E-state index contributed by atoms with van der Waals surface area (Å²) in [4.78, 5) is 2.20. The quantitative estimate of drug-likeness (QED) is 0.793. The topological polar surface area (TPSA) is 54.1 Å². The van der Waals surface area contributed by atoms with Crippen molar-refractivity contribution >= 4 is 0 Å². The number of methoxy groups -OCH3 is 1. The molecule has 5 heteroatoms. The predicted octanol–water partition coefficient (Wildman–Crippen LogP) is 1.40. The summed E-state index contributed by atoms with van der Waals surface area (Å²) in [5, 5.41) is 13.7. The van der Waals surface area contributed by atoms with Crippen molar-refractivity contribution in [3.05, 3.63) is 11.3 Å². The molecule has 1 aliphatic rings. The molecule has 0 radical (unpaired) electrons. The van der Waals surface area contributed by atoms with Gasteiger partial charge in [-0.25, -0.2) is 4.68 Å². The number of likely N-dealkylation sites (tertiary alicyclic amines) is 1. The summed E-state index contributed by atoms with van der Waals surface area (Å²) in [6.45, 7) is 3.89. The molecule has 1 saturated heterocycles. The van der Waals surface area contributed by atoms with Crippen molar-refractivity contribution in [3.8, 4) is 11.9 Å². The van der Waals surface area contributed by atoms with E-state index in [1.807, 2.05) is 14.0 Å². The highest BCUT2D eigenvalue weighted by Crippen LogP contribution is 2.33. The van der Waals surface area contributed by atoms with E-state index in [2.05, 4.69) is 16.1 Å². The summed E-state index contributed by atoms with van der Waals surface area (Å²) >= 11 is 0. The highest BCUT2D eigenvalue weighted by atomic mass is 16.5. The van der Waals surface area contributed by atoms with Crippen LogP contribution in [0.1, 0.15) is 30.1 Å². The van der Waals surface area contributed by atoms with E-state index in [4.69, 9.17) is 4.74 Å². The van der Waals surface area contributed by atoms with Crippen molar-refractivity contribution in [1.82, 2.24) is 14.7 Å². The van der Waals surface area contributed by atoms with E-state index >= 15 is 0 Å². The number of rotatable bonds is 3. The monoisotopic (exact) mass is 234 g/mol. The molecular formula is C12H18N4O. The number of nitrogens with zero attached hydrogens (tertiary/aromatic N) is 4. The van der Waals surface area contributed by atoms with Crippen molar-refractivity contribution in [2.45, 2.75) is 25.8 Å². The van der Waals surface area contributed by atoms with Gasteiger partial charge in [0, 0.05) is 7.05 Å². The third kappa shape index (κ3) is 2.01. The Morgan fingerprint density at radius 3 is 2.59 bits per heavy atom. The van der Waals surface area contributed by atoms with Crippen LogP contribution in [0.3, 0.4) is 0 Å². The zero-order chi connectivity index (χ0) is 12.4. The molecule has 17 heavy (non-hydrogen) atoms. The summed E-state index contributed by atoms with van der Waals surface area (Å²) < 4.78 is 7.06. The summed E-state index contributed by atoms with van der Waals surface area (Å²) in [7, 11) is 3.46. The Morgan fingerprint density at radius 1 is 1.41 bits per heavy atom. The number of nitriles is 1. The fourth-order valence-corrected chi connectivity index (χ4v) is 2.54. The Kier molecular flexibility index (Phi) is 3.34. The van der Waals surface area contributed by atoms with E-state index < -0.39 is 0 Å². The van der Waals surface area contributed by atoms with E-state index in [9.17, 15) is 5.26 Å². The van der Waals surface area contributed by atoms with Crippen LogP contribution in [0.15, 0.2) is 0 Å². The Balaban J connectivity index is 2.39. The van der Waals surface area contributed by atoms with Crippen LogP contribution in [-0.2, 0) is 7.05 Å². The summed E-state index contributed by atoms with van der Waals surface area (Å²) in [5.74, 6) is 0.695. The smallest absolute Gasteiger partial charge is 0.217 e. The molecule has 1 aromatic heterocycles. The van der Waals surface area contributed by atoms with Gasteiger partial charge in [0.05, 0.1) is 24.4 Å². The van der Waals surface area contributed by atoms with Crippen molar-refractivity contribution in [2.24, 2.45) is 7.05 Å². The Hall–Kier alpha value is -1.54. The van der Waals surface area contributed by atoms with Gasteiger partial charge in [0.1, 0.15) is 6.04 Å². The molecule has 1 aromatic rings. The number of hydrogen-bond donors (Lipinski definition) is 0. The second-order valence-corrected chi connectivity index (χ2v) is 4.41. The minimum atomic E-state index is -0.235. The highest BCUT2D eigenvalue weighted by Gasteiger charge is 2.29. The van der Waals surface area contributed by atoms with Crippen molar-refractivity contribution < 1.29 is 4.74 Å². The van der Waals surface area contributed by atoms with E-state index in [-0.39, 0.29) is 6.04 Å². The first kappa shape index (κ1) is 11.9. The van der Waals surface area contributed by atoms with Crippen LogP contribution in [0.2, 0.25) is 0 Å². The maximum atomic E-state index is 9.41. The zero-order valence-corrected chi connectivity index (χ0v) is 10.6. The van der Waals surface area contributed by atoms with Crippen molar-refractivity contribution in [2.75, 3.05) is 20.2 Å². The van der Waals surface area contributed by atoms with Gasteiger partial charge in [-0.1, -0.05) is 0 Å². The molecule has 0 saturated carbocycles. The number of hydrogen-bond acceptors (Lipinski definition) is 4. The van der Waals surface area contributed by atoms with Gasteiger partial charge in [0.2, 0.25) is 5.88 Å². The molecule has 2 heterocycles. The maximum Gasteiger partial charge on any atom is 0.217 e. The first-order chi connectivity index (χ1) is 8.19. The Labute approximate surface area is 102 Å². The molecule has 1 aliphatic heterocycles. The number of ether oxygens (including phenoxy) is 1. The fourth-order valence-electron chi connectivity index (χ4n) is 2.54. The van der Waals surface area contributed by atoms with Crippen molar-refractivity contribution in [1.29, 1.82) is 5.26 Å². The van der Waals surface area contributed by atoms with Gasteiger partial charge in [-0.15, -0.1) is 0 Å². The minimum Gasteiger partial charge on any atom is -0.481 e. The average Bonchev–Trinajstić information content (AvgIpc) is 2.90. The first-order valence-electron chi connectivity index (χ1n) is 5.90. The lowest BCUT2D eigenvalue weighted by molar-refractivity contribution is 0.282. The summed E-state index contributed by atoms with van der Waals surface area (Å²) in [6, 6.07) is 2.15. The summed E-state index contributed by atoms with van der Waals surface area (Å²) in [6.07, 6.45) is 2.33. The largest absolute Gasteiger partial charge is 0.481 e. The molecule has 92 valence electrons. The van der Waals surface area contributed by atoms with Crippen LogP contribution in [0, 0.1) is 18.3 Å². The number of aryl methyl sites for hydroxylation is 2. The Morgan fingerprint density at radius 2 is 2.06 bits per heavy atom. The van der Waals surface area contributed by atoms with Crippen LogP contribution in [0.25, 0.3) is 0 Å². The van der Waals surface area contributed by atoms with E-state index in [0.29, 0.717) is 5.88 Å². The molecule has 1 fully saturated rings. The number of aromatic nitrogens is 2. The van der Waals surface area contributed by atoms with Crippen LogP contribution in [0.4, 0.5) is 0 Å². The van der Waals surface area contributed by atoms with Crippen LogP contribution in [0.5, 0.6) is 5.88 Å². The molecule has 0 spiro atoms. The third-order valence-corrected chi connectivity index (χ3v) is 3.31. The van der Waals surface area contributed by atoms with Gasteiger partial charge in [-0.2, -0.15) is 10.4 Å². The second-order valence-electron chi connectivity index (χ2n) is 4.41. The van der Waals surface area contributed by atoms with Crippen LogP contribution >= 0.6 is 0 Å². The second kappa shape index (κ2) is 4.76. The lowest BCUT2D eigenvalue weighted by atomic mass is 10.1. The summed E-state index contributed by atoms with van der Waals surface area (Å²) in [5.41, 5.74) is 1.79. The van der Waals surface area contributed by atoms with Gasteiger partial charge in [0.25, 0.3) is 0 Å². The van der Waals surface area contributed by atoms with Gasteiger partial charge >= 0.3 is 0 Å².